The molecular weight excluding hydrogens is 404 g/mol. The number of aromatic nitrogens is 2. The Balaban J connectivity index is 1.76. The second-order valence-electron chi connectivity index (χ2n) is 9.54. The van der Waals surface area contributed by atoms with E-state index in [9.17, 15) is 0 Å². The first-order valence-electron chi connectivity index (χ1n) is 11.0. The van der Waals surface area contributed by atoms with Gasteiger partial charge in [-0.1, -0.05) is 16.4 Å². The Morgan fingerprint density at radius 3 is 1.47 bits per heavy atom. The molecule has 7 nitrogen and oxygen atoms in total. The van der Waals surface area contributed by atoms with E-state index < -0.39 is 0 Å². The molecule has 174 valence electrons. The van der Waals surface area contributed by atoms with Crippen molar-refractivity contribution >= 4 is 0 Å². The second-order valence-corrected chi connectivity index (χ2v) is 9.54. The van der Waals surface area contributed by atoms with Crippen LogP contribution in [0, 0.1) is 27.7 Å². The Bertz CT molecular complexity index is 960. The molecule has 0 spiro atoms. The summed E-state index contributed by atoms with van der Waals surface area (Å²) in [6.45, 7) is 17.8. The minimum absolute atomic E-state index is 0.277. The van der Waals surface area contributed by atoms with E-state index in [1.807, 2.05) is 27.7 Å². The SMILES string of the molecule is COc1cc(CNC(C)(C)c2c(C)noc2C)cc(CNC(C)(C)c2c(C)noc2C)c1. The molecule has 3 rings (SSSR count). The van der Waals surface area contributed by atoms with Gasteiger partial charge in [-0.3, -0.25) is 0 Å². The molecule has 7 heteroatoms. The third kappa shape index (κ3) is 5.05. The fraction of sp³-hybridized carbons (Fsp3) is 0.520. The maximum Gasteiger partial charge on any atom is 0.138 e. The molecule has 2 N–H and O–H groups in total. The fourth-order valence-corrected chi connectivity index (χ4v) is 4.62. The van der Waals surface area contributed by atoms with Gasteiger partial charge < -0.3 is 24.4 Å². The van der Waals surface area contributed by atoms with Gasteiger partial charge in [0.05, 0.1) is 18.5 Å². The van der Waals surface area contributed by atoms with Gasteiger partial charge in [-0.2, -0.15) is 0 Å². The highest BCUT2D eigenvalue weighted by Crippen LogP contribution is 2.29. The quantitative estimate of drug-likeness (QED) is 0.487. The zero-order valence-corrected chi connectivity index (χ0v) is 20.8. The lowest BCUT2D eigenvalue weighted by Crippen LogP contribution is -2.37. The maximum atomic E-state index is 5.57. The van der Waals surface area contributed by atoms with E-state index in [1.165, 1.54) is 0 Å². The zero-order chi connectivity index (χ0) is 23.7. The van der Waals surface area contributed by atoms with Crippen LogP contribution in [0.3, 0.4) is 0 Å². The number of hydrogen-bond donors (Lipinski definition) is 2. The van der Waals surface area contributed by atoms with Crippen LogP contribution < -0.4 is 15.4 Å². The minimum atomic E-state index is -0.277. The van der Waals surface area contributed by atoms with Gasteiger partial charge in [-0.15, -0.1) is 0 Å². The standard InChI is InChI=1S/C25H36N4O3/c1-15-22(17(3)31-28-15)24(5,6)26-13-19-10-20(12-21(11-19)30-9)14-27-25(7,8)23-16(2)29-32-18(23)4/h10-12,26-27H,13-14H2,1-9H3. The van der Waals surface area contributed by atoms with Crippen LogP contribution in [0.15, 0.2) is 27.2 Å². The summed E-state index contributed by atoms with van der Waals surface area (Å²) in [7, 11) is 1.70. The van der Waals surface area contributed by atoms with Crippen molar-refractivity contribution in [3.05, 3.63) is 63.4 Å². The van der Waals surface area contributed by atoms with Gasteiger partial charge in [0.1, 0.15) is 17.3 Å². The van der Waals surface area contributed by atoms with Crippen LogP contribution in [0.1, 0.15) is 72.9 Å². The highest BCUT2D eigenvalue weighted by Gasteiger charge is 2.29. The van der Waals surface area contributed by atoms with E-state index in [-0.39, 0.29) is 11.1 Å². The molecule has 0 fully saturated rings. The smallest absolute Gasteiger partial charge is 0.138 e. The molecule has 0 aliphatic carbocycles. The molecule has 0 aliphatic heterocycles. The monoisotopic (exact) mass is 440 g/mol. The summed E-state index contributed by atoms with van der Waals surface area (Å²) in [4.78, 5) is 0. The minimum Gasteiger partial charge on any atom is -0.497 e. The first-order valence-corrected chi connectivity index (χ1v) is 11.0. The van der Waals surface area contributed by atoms with Gasteiger partial charge in [0.25, 0.3) is 0 Å². The van der Waals surface area contributed by atoms with E-state index in [2.05, 4.69) is 66.8 Å². The molecule has 0 saturated heterocycles. The number of rotatable bonds is 9. The predicted molar refractivity (Wildman–Crippen MR) is 125 cm³/mol. The number of methoxy groups -OCH3 is 1. The summed E-state index contributed by atoms with van der Waals surface area (Å²) in [5.41, 5.74) is 5.77. The van der Waals surface area contributed by atoms with Crippen molar-refractivity contribution in [3.8, 4) is 5.75 Å². The van der Waals surface area contributed by atoms with Crippen molar-refractivity contribution in [2.24, 2.45) is 0 Å². The van der Waals surface area contributed by atoms with E-state index in [0.717, 1.165) is 50.9 Å². The summed E-state index contributed by atoms with van der Waals surface area (Å²) in [5, 5.41) is 15.5. The molecule has 0 radical (unpaired) electrons. The summed E-state index contributed by atoms with van der Waals surface area (Å²) in [6.07, 6.45) is 0. The lowest BCUT2D eigenvalue weighted by atomic mass is 9.92. The molecule has 0 amide bonds. The third-order valence-electron chi connectivity index (χ3n) is 6.05. The topological polar surface area (TPSA) is 85.4 Å². The number of hydrogen-bond acceptors (Lipinski definition) is 7. The molecule has 2 aromatic heterocycles. The molecular formula is C25H36N4O3. The van der Waals surface area contributed by atoms with Crippen molar-refractivity contribution in [1.82, 2.24) is 20.9 Å². The van der Waals surface area contributed by atoms with Crippen LogP contribution in [0.25, 0.3) is 0 Å². The summed E-state index contributed by atoms with van der Waals surface area (Å²) in [5.74, 6) is 2.53. The van der Waals surface area contributed by atoms with Crippen molar-refractivity contribution in [2.75, 3.05) is 7.11 Å². The molecule has 0 bridgehead atoms. The Labute approximate surface area is 190 Å². The van der Waals surface area contributed by atoms with Crippen molar-refractivity contribution in [2.45, 2.75) is 79.6 Å². The zero-order valence-electron chi connectivity index (χ0n) is 20.8. The van der Waals surface area contributed by atoms with Gasteiger partial charge in [-0.05, 0) is 78.6 Å². The summed E-state index contributed by atoms with van der Waals surface area (Å²) < 4.78 is 16.3. The van der Waals surface area contributed by atoms with Crippen molar-refractivity contribution in [3.63, 3.8) is 0 Å². The van der Waals surface area contributed by atoms with E-state index in [1.54, 1.807) is 7.11 Å². The molecule has 2 heterocycles. The average molecular weight is 441 g/mol. The number of nitrogens with one attached hydrogen (secondary N) is 2. The van der Waals surface area contributed by atoms with Crippen LogP contribution in [0.5, 0.6) is 5.75 Å². The predicted octanol–water partition coefficient (Wildman–Crippen LogP) is 4.95. The van der Waals surface area contributed by atoms with Crippen LogP contribution >= 0.6 is 0 Å². The third-order valence-corrected chi connectivity index (χ3v) is 6.05. The number of benzene rings is 1. The van der Waals surface area contributed by atoms with Gasteiger partial charge in [0.2, 0.25) is 0 Å². The van der Waals surface area contributed by atoms with Gasteiger partial charge in [0, 0.05) is 35.3 Å². The Kier molecular flexibility index (Phi) is 6.81. The highest BCUT2D eigenvalue weighted by molar-refractivity contribution is 5.36. The lowest BCUT2D eigenvalue weighted by molar-refractivity contribution is 0.369. The van der Waals surface area contributed by atoms with E-state index in [0.29, 0.717) is 13.1 Å². The largest absolute Gasteiger partial charge is 0.497 e. The van der Waals surface area contributed by atoms with Crippen LogP contribution in [-0.2, 0) is 24.2 Å². The fourth-order valence-electron chi connectivity index (χ4n) is 4.62. The molecule has 32 heavy (non-hydrogen) atoms. The first kappa shape index (κ1) is 24.0. The van der Waals surface area contributed by atoms with Crippen LogP contribution in [-0.4, -0.2) is 17.4 Å². The van der Waals surface area contributed by atoms with Gasteiger partial charge in [0.15, 0.2) is 0 Å². The second kappa shape index (κ2) is 9.08. The molecule has 0 aliphatic rings. The van der Waals surface area contributed by atoms with Gasteiger partial charge in [-0.25, -0.2) is 0 Å². The molecule has 0 saturated carbocycles. The average Bonchev–Trinajstić information content (AvgIpc) is 3.25. The van der Waals surface area contributed by atoms with Crippen molar-refractivity contribution < 1.29 is 13.8 Å². The van der Waals surface area contributed by atoms with Crippen LogP contribution in [0.2, 0.25) is 0 Å². The Hall–Kier alpha value is -2.64. The number of nitrogens with zero attached hydrogens (tertiary/aromatic N) is 2. The molecule has 3 aromatic rings. The first-order chi connectivity index (χ1) is 14.9. The maximum absolute atomic E-state index is 5.57. The number of aryl methyl sites for hydroxylation is 4. The van der Waals surface area contributed by atoms with E-state index >= 15 is 0 Å². The molecule has 0 unspecified atom stereocenters. The van der Waals surface area contributed by atoms with Crippen LogP contribution in [0.4, 0.5) is 0 Å². The van der Waals surface area contributed by atoms with Gasteiger partial charge >= 0.3 is 0 Å². The Morgan fingerprint density at radius 1 is 0.750 bits per heavy atom. The highest BCUT2D eigenvalue weighted by atomic mass is 16.5. The number of ether oxygens (including phenoxy) is 1. The normalized spacial score (nSPS) is 12.4. The van der Waals surface area contributed by atoms with E-state index in [4.69, 9.17) is 13.8 Å². The lowest BCUT2D eigenvalue weighted by Gasteiger charge is -2.28. The Morgan fingerprint density at radius 2 is 1.16 bits per heavy atom. The summed E-state index contributed by atoms with van der Waals surface area (Å²) in [6, 6.07) is 6.34. The summed E-state index contributed by atoms with van der Waals surface area (Å²) >= 11 is 0. The van der Waals surface area contributed by atoms with Crippen molar-refractivity contribution in [1.29, 1.82) is 0 Å². The molecule has 0 atom stereocenters. The molecule has 1 aromatic carbocycles.